The molecule has 3 nitrogen and oxygen atoms in total. The molecule has 0 saturated heterocycles. The van der Waals surface area contributed by atoms with Crippen LogP contribution in [-0.4, -0.2) is 13.7 Å². The van der Waals surface area contributed by atoms with Crippen LogP contribution in [0.3, 0.4) is 0 Å². The Labute approximate surface area is 338 Å². The number of hydrogen-bond acceptors (Lipinski definition) is 0. The van der Waals surface area contributed by atoms with Crippen LogP contribution in [0.15, 0.2) is 187 Å². The molecule has 0 atom stereocenters. The van der Waals surface area contributed by atoms with E-state index in [0.29, 0.717) is 9.13 Å². The first-order valence-electron chi connectivity index (χ1n) is 30.5. The van der Waals surface area contributed by atoms with Gasteiger partial charge in [0.1, 0.15) is 0 Å². The summed E-state index contributed by atoms with van der Waals surface area (Å²) in [5.74, 6) is 0. The van der Waals surface area contributed by atoms with Gasteiger partial charge in [0.05, 0.1) is 87.0 Å². The SMILES string of the molecule is [2H]c1c([2H])c([2H])c(-c2c([2H])c([2H])c([2H])c([2H])c2-n2c3c([2H])c([2H])c([2H])c([2H])c3c3c(-n4c5c([2H])c([2H])c([2H])c([2H])c5c5c([2H])c([2H])c(-n6c7c([2H])c([2H])c([2H])c([2H])c7c7c([2H])c([2H])c([2H])c([2H])c76)c([2H])c54)c([2H])c([2H])c([2H])c32)c([2H])c1[2H]. The third-order valence-corrected chi connectivity index (χ3v) is 8.47. The second-order valence-electron chi connectivity index (χ2n) is 11.0. The smallest absolute Gasteiger partial charge is 0.0667 e. The number of nitrogens with zero attached hydrogens (tertiary/aromatic N) is 3. The van der Waals surface area contributed by atoms with E-state index in [-0.39, 0.29) is 0 Å². The molecular weight excluding hydrogens is 619 g/mol. The molecule has 0 aliphatic heterocycles. The molecule has 8 aromatic carbocycles. The van der Waals surface area contributed by atoms with E-state index >= 15 is 0 Å². The van der Waals surface area contributed by atoms with Gasteiger partial charge in [-0.2, -0.15) is 0 Å². The number of benzene rings is 8. The maximum atomic E-state index is 10.3. The van der Waals surface area contributed by atoms with Crippen LogP contribution < -0.4 is 0 Å². The number of rotatable bonds is 4. The lowest BCUT2D eigenvalue weighted by atomic mass is 10.0. The topological polar surface area (TPSA) is 14.8 Å². The molecule has 3 aromatic heterocycles. The second-order valence-corrected chi connectivity index (χ2v) is 11.0. The fourth-order valence-corrected chi connectivity index (χ4v) is 6.46. The average molecular weight is 681 g/mol. The Morgan fingerprint density at radius 3 is 1.47 bits per heavy atom. The van der Waals surface area contributed by atoms with Crippen molar-refractivity contribution in [1.82, 2.24) is 13.7 Å². The summed E-state index contributed by atoms with van der Waals surface area (Å²) in [4.78, 5) is 0. The molecule has 0 amide bonds. The number of para-hydroxylation sites is 5. The van der Waals surface area contributed by atoms with Crippen LogP contribution in [0.2, 0.25) is 0 Å². The van der Waals surface area contributed by atoms with E-state index in [1.165, 1.54) is 0 Å². The molecule has 51 heavy (non-hydrogen) atoms. The highest BCUT2D eigenvalue weighted by molar-refractivity contribution is 6.17. The third-order valence-electron chi connectivity index (χ3n) is 8.47. The molecule has 0 aliphatic rings. The molecule has 3 heterocycles. The highest BCUT2D eigenvalue weighted by Crippen LogP contribution is 2.42. The first kappa shape index (κ1) is 11.3. The monoisotopic (exact) mass is 680 g/mol. The molecule has 11 rings (SSSR count). The van der Waals surface area contributed by atoms with Crippen molar-refractivity contribution >= 4 is 65.4 Å². The first-order valence-corrected chi connectivity index (χ1v) is 15.0. The van der Waals surface area contributed by atoms with Gasteiger partial charge in [-0.15, -0.1) is 0 Å². The van der Waals surface area contributed by atoms with Crippen LogP contribution in [0, 0.1) is 0 Å². The summed E-state index contributed by atoms with van der Waals surface area (Å²) >= 11 is 0. The Morgan fingerprint density at radius 1 is 0.314 bits per heavy atom. The predicted molar refractivity (Wildman–Crippen MR) is 215 cm³/mol. The zero-order chi connectivity index (χ0) is 60.4. The Hall–Kier alpha value is -6.84. The number of aromatic nitrogens is 3. The maximum absolute atomic E-state index is 10.3. The van der Waals surface area contributed by atoms with E-state index in [2.05, 4.69) is 0 Å². The van der Waals surface area contributed by atoms with Crippen molar-refractivity contribution in [2.45, 2.75) is 0 Å². The zero-order valence-corrected chi connectivity index (χ0v) is 25.3. The van der Waals surface area contributed by atoms with Gasteiger partial charge < -0.3 is 13.7 Å². The van der Waals surface area contributed by atoms with E-state index in [1.54, 1.807) is 0 Å². The summed E-state index contributed by atoms with van der Waals surface area (Å²) in [5.41, 5.74) is -8.91. The van der Waals surface area contributed by atoms with Crippen LogP contribution in [0.4, 0.5) is 0 Å². The van der Waals surface area contributed by atoms with Crippen molar-refractivity contribution in [2.75, 3.05) is 0 Å². The molecular formula is C48H31N3. The van der Waals surface area contributed by atoms with Crippen molar-refractivity contribution < 1.29 is 42.5 Å². The molecule has 0 spiro atoms. The molecule has 3 heteroatoms. The molecule has 0 aliphatic carbocycles. The van der Waals surface area contributed by atoms with Crippen LogP contribution in [-0.2, 0) is 0 Å². The standard InChI is InChI=1S/C48H31N3/c1-2-15-32(16-3-1)34-17-4-9-22-40(34)50-44-26-13-8-21-39(44)48-45(50)27-14-28-46(48)51-43-25-12-7-20-37(43)38-30-29-33(31-47(38)51)49-41-23-10-5-18-35(41)36-19-6-11-24-42(36)49/h1-31H/i1D,2D,3D,4D,5D,6D,7D,8D,9D,10D,11D,12D,13D,14D,15D,16D,17D,18D,19D,20D,21D,22D,23D,24D,25D,26D,27D,28D,29D,30D,31D. The third kappa shape index (κ3) is 4.00. The van der Waals surface area contributed by atoms with Gasteiger partial charge in [0, 0.05) is 43.6 Å². The highest BCUT2D eigenvalue weighted by Gasteiger charge is 2.21. The van der Waals surface area contributed by atoms with Crippen molar-refractivity contribution in [3.63, 3.8) is 0 Å². The minimum Gasteiger partial charge on any atom is -0.309 e. The minimum absolute atomic E-state index is 0.526. The Balaban J connectivity index is 1.48. The van der Waals surface area contributed by atoms with Gasteiger partial charge in [0.2, 0.25) is 0 Å². The van der Waals surface area contributed by atoms with Crippen LogP contribution in [0.1, 0.15) is 42.5 Å². The number of hydrogen-bond donors (Lipinski definition) is 0. The minimum atomic E-state index is -1.15. The van der Waals surface area contributed by atoms with Crippen molar-refractivity contribution in [2.24, 2.45) is 0 Å². The number of fused-ring (bicyclic) bond motifs is 9. The quantitative estimate of drug-likeness (QED) is 0.176. The fourth-order valence-electron chi connectivity index (χ4n) is 6.46. The van der Waals surface area contributed by atoms with E-state index in [9.17, 15) is 16.4 Å². The Morgan fingerprint density at radius 2 is 0.784 bits per heavy atom. The zero-order valence-electron chi connectivity index (χ0n) is 56.3. The maximum Gasteiger partial charge on any atom is 0.0667 e. The molecule has 0 fully saturated rings. The fraction of sp³-hybridized carbons (Fsp3) is 0. The predicted octanol–water partition coefficient (Wildman–Crippen LogP) is 12.6. The van der Waals surface area contributed by atoms with Gasteiger partial charge in [-0.3, -0.25) is 0 Å². The van der Waals surface area contributed by atoms with Gasteiger partial charge in [-0.1, -0.05) is 133 Å². The summed E-state index contributed by atoms with van der Waals surface area (Å²) in [7, 11) is 0. The van der Waals surface area contributed by atoms with E-state index in [1.807, 2.05) is 0 Å². The largest absolute Gasteiger partial charge is 0.309 e. The molecule has 0 bridgehead atoms. The van der Waals surface area contributed by atoms with Crippen molar-refractivity contribution in [3.8, 4) is 28.2 Å². The molecule has 238 valence electrons. The van der Waals surface area contributed by atoms with Gasteiger partial charge in [0.15, 0.2) is 0 Å². The normalized spacial score (nSPS) is 20.4. The van der Waals surface area contributed by atoms with Gasteiger partial charge >= 0.3 is 0 Å². The average Bonchev–Trinajstić information content (AvgIpc) is 3.12. The summed E-state index contributed by atoms with van der Waals surface area (Å²) in [6.45, 7) is 0. The van der Waals surface area contributed by atoms with Gasteiger partial charge in [0.25, 0.3) is 0 Å². The Bertz CT molecular complexity index is 4830. The summed E-state index contributed by atoms with van der Waals surface area (Å²) in [6.07, 6.45) is 0. The molecule has 0 N–H and O–H groups in total. The highest BCUT2D eigenvalue weighted by atomic mass is 15.0. The lowest BCUT2D eigenvalue weighted by molar-refractivity contribution is 1.16. The van der Waals surface area contributed by atoms with Gasteiger partial charge in [-0.25, -0.2) is 0 Å². The van der Waals surface area contributed by atoms with Gasteiger partial charge in [-0.05, 0) is 59.9 Å². The molecule has 0 radical (unpaired) electrons. The summed E-state index contributed by atoms with van der Waals surface area (Å²) in [5, 5.41) is -3.86. The molecule has 11 aromatic rings. The van der Waals surface area contributed by atoms with E-state index in [4.69, 9.17) is 26.0 Å². The first-order chi connectivity index (χ1) is 38.2. The Kier molecular flexibility index (Phi) is 2.41. The van der Waals surface area contributed by atoms with E-state index in [0.717, 1.165) is 4.57 Å². The van der Waals surface area contributed by atoms with E-state index < -0.39 is 281 Å². The lowest BCUT2D eigenvalue weighted by Gasteiger charge is -2.15. The van der Waals surface area contributed by atoms with Crippen molar-refractivity contribution in [1.29, 1.82) is 0 Å². The van der Waals surface area contributed by atoms with Crippen molar-refractivity contribution in [3.05, 3.63) is 187 Å². The van der Waals surface area contributed by atoms with Crippen LogP contribution in [0.5, 0.6) is 0 Å². The summed E-state index contributed by atoms with van der Waals surface area (Å²) < 4.78 is 284. The van der Waals surface area contributed by atoms with Crippen LogP contribution in [0.25, 0.3) is 93.6 Å². The van der Waals surface area contributed by atoms with Crippen LogP contribution >= 0.6 is 0 Å². The summed E-state index contributed by atoms with van der Waals surface area (Å²) in [6, 6.07) is -30.6. The molecule has 0 saturated carbocycles. The lowest BCUT2D eigenvalue weighted by Crippen LogP contribution is -1.99. The molecule has 0 unspecified atom stereocenters. The second kappa shape index (κ2) is 10.8.